The average Bonchev–Trinajstić information content (AvgIpc) is 1.98. The van der Waals surface area contributed by atoms with Crippen LogP contribution in [0.4, 0.5) is 0 Å². The summed E-state index contributed by atoms with van der Waals surface area (Å²) in [5, 5.41) is 9.28. The quantitative estimate of drug-likeness (QED) is 0.784. The first-order chi connectivity index (χ1) is 5.61. The summed E-state index contributed by atoms with van der Waals surface area (Å²) in [5.41, 5.74) is 6.28. The zero-order chi connectivity index (χ0) is 9.14. The van der Waals surface area contributed by atoms with E-state index in [4.69, 9.17) is 18.0 Å². The lowest BCUT2D eigenvalue weighted by molar-refractivity contribution is 0.471. The lowest BCUT2D eigenvalue weighted by Crippen LogP contribution is -2.11. The molecule has 0 aliphatic carbocycles. The van der Waals surface area contributed by atoms with Crippen molar-refractivity contribution in [2.45, 2.75) is 6.42 Å². The Hall–Kier alpha value is -0.610. The molecule has 12 heavy (non-hydrogen) atoms. The molecule has 0 atom stereocenters. The normalized spacial score (nSPS) is 9.75. The first-order valence-electron chi connectivity index (χ1n) is 3.36. The number of phenolic OH excluding ortho intramolecular Hbond substituents is 1. The Morgan fingerprint density at radius 2 is 2.25 bits per heavy atom. The monoisotopic (exact) mass is 245 g/mol. The van der Waals surface area contributed by atoms with Crippen molar-refractivity contribution in [3.8, 4) is 5.75 Å². The Morgan fingerprint density at radius 1 is 1.58 bits per heavy atom. The van der Waals surface area contributed by atoms with Gasteiger partial charge in [0, 0.05) is 6.42 Å². The second kappa shape index (κ2) is 3.87. The fourth-order valence-electron chi connectivity index (χ4n) is 0.890. The van der Waals surface area contributed by atoms with Gasteiger partial charge in [0.2, 0.25) is 0 Å². The molecule has 0 heterocycles. The van der Waals surface area contributed by atoms with E-state index in [-0.39, 0.29) is 5.75 Å². The van der Waals surface area contributed by atoms with Crippen LogP contribution in [0.5, 0.6) is 5.75 Å². The minimum Gasteiger partial charge on any atom is -0.507 e. The van der Waals surface area contributed by atoms with Gasteiger partial charge in [-0.1, -0.05) is 24.4 Å². The molecule has 0 saturated carbocycles. The molecule has 0 amide bonds. The van der Waals surface area contributed by atoms with Gasteiger partial charge in [-0.2, -0.15) is 0 Å². The van der Waals surface area contributed by atoms with Crippen molar-refractivity contribution in [3.63, 3.8) is 0 Å². The Labute approximate surface area is 84.5 Å². The lowest BCUT2D eigenvalue weighted by atomic mass is 10.1. The number of hydrogen-bond donors (Lipinski definition) is 2. The van der Waals surface area contributed by atoms with Crippen molar-refractivity contribution in [1.29, 1.82) is 0 Å². The SMILES string of the molecule is NC(=S)Cc1cccc(O)c1Br. The van der Waals surface area contributed by atoms with E-state index in [0.29, 0.717) is 15.9 Å². The Balaban J connectivity index is 3.00. The highest BCUT2D eigenvalue weighted by atomic mass is 79.9. The van der Waals surface area contributed by atoms with Gasteiger partial charge >= 0.3 is 0 Å². The van der Waals surface area contributed by atoms with Crippen LogP contribution in [0.1, 0.15) is 5.56 Å². The van der Waals surface area contributed by atoms with Gasteiger partial charge in [0.15, 0.2) is 0 Å². The lowest BCUT2D eigenvalue weighted by Gasteiger charge is -2.03. The topological polar surface area (TPSA) is 46.2 Å². The maximum absolute atomic E-state index is 9.28. The number of benzene rings is 1. The predicted molar refractivity (Wildman–Crippen MR) is 56.3 cm³/mol. The van der Waals surface area contributed by atoms with Crippen LogP contribution < -0.4 is 5.73 Å². The molecule has 3 N–H and O–H groups in total. The number of halogens is 1. The summed E-state index contributed by atoms with van der Waals surface area (Å²) in [4.78, 5) is 0.418. The summed E-state index contributed by atoms with van der Waals surface area (Å²) in [7, 11) is 0. The largest absolute Gasteiger partial charge is 0.507 e. The molecule has 0 aliphatic heterocycles. The van der Waals surface area contributed by atoms with Crippen LogP contribution in [-0.2, 0) is 6.42 Å². The minimum absolute atomic E-state index is 0.212. The first kappa shape index (κ1) is 9.48. The van der Waals surface area contributed by atoms with Crippen molar-refractivity contribution in [2.24, 2.45) is 5.73 Å². The predicted octanol–water partition coefficient (Wildman–Crippen LogP) is 1.98. The number of thiocarbonyl (C=S) groups is 1. The molecule has 0 spiro atoms. The van der Waals surface area contributed by atoms with Gasteiger partial charge in [-0.3, -0.25) is 0 Å². The summed E-state index contributed by atoms with van der Waals surface area (Å²) in [6, 6.07) is 5.23. The number of nitrogens with two attached hydrogens (primary N) is 1. The molecule has 1 aromatic rings. The molecule has 4 heteroatoms. The number of hydrogen-bond acceptors (Lipinski definition) is 2. The van der Waals surface area contributed by atoms with Gasteiger partial charge < -0.3 is 10.8 Å². The van der Waals surface area contributed by atoms with E-state index < -0.39 is 0 Å². The molecule has 1 rings (SSSR count). The molecule has 64 valence electrons. The smallest absolute Gasteiger partial charge is 0.130 e. The standard InChI is InChI=1S/C8H8BrNOS/c9-8-5(4-7(10)12)2-1-3-6(8)11/h1-3,11H,4H2,(H2,10,12). The molecular formula is C8H8BrNOS. The molecule has 0 fully saturated rings. The molecule has 0 bridgehead atoms. The average molecular weight is 246 g/mol. The van der Waals surface area contributed by atoms with Crippen LogP contribution in [0, 0.1) is 0 Å². The van der Waals surface area contributed by atoms with Crippen LogP contribution >= 0.6 is 28.1 Å². The zero-order valence-electron chi connectivity index (χ0n) is 6.25. The van der Waals surface area contributed by atoms with Crippen LogP contribution in [0.2, 0.25) is 0 Å². The summed E-state index contributed by atoms with van der Waals surface area (Å²) in [6.45, 7) is 0. The Kier molecular flexibility index (Phi) is 3.05. The second-order valence-corrected chi connectivity index (χ2v) is 3.71. The van der Waals surface area contributed by atoms with Crippen LogP contribution in [0.3, 0.4) is 0 Å². The maximum Gasteiger partial charge on any atom is 0.130 e. The van der Waals surface area contributed by atoms with E-state index in [0.717, 1.165) is 5.56 Å². The summed E-state index contributed by atoms with van der Waals surface area (Å²) in [5.74, 6) is 0.212. The fraction of sp³-hybridized carbons (Fsp3) is 0.125. The summed E-state index contributed by atoms with van der Waals surface area (Å²) in [6.07, 6.45) is 0.504. The third-order valence-corrected chi connectivity index (χ3v) is 2.48. The van der Waals surface area contributed by atoms with Crippen LogP contribution in [0.25, 0.3) is 0 Å². The molecule has 0 aliphatic rings. The van der Waals surface area contributed by atoms with Crippen molar-refractivity contribution < 1.29 is 5.11 Å². The van der Waals surface area contributed by atoms with Crippen LogP contribution in [-0.4, -0.2) is 10.1 Å². The molecule has 0 unspecified atom stereocenters. The van der Waals surface area contributed by atoms with Gasteiger partial charge in [0.25, 0.3) is 0 Å². The number of rotatable bonds is 2. The van der Waals surface area contributed by atoms with Gasteiger partial charge in [0.05, 0.1) is 9.46 Å². The zero-order valence-corrected chi connectivity index (χ0v) is 8.65. The molecular weight excluding hydrogens is 238 g/mol. The van der Waals surface area contributed by atoms with Crippen molar-refractivity contribution in [1.82, 2.24) is 0 Å². The van der Waals surface area contributed by atoms with E-state index >= 15 is 0 Å². The third-order valence-electron chi connectivity index (χ3n) is 1.42. The second-order valence-electron chi connectivity index (χ2n) is 2.39. The van der Waals surface area contributed by atoms with Gasteiger partial charge in [-0.05, 0) is 27.6 Å². The van der Waals surface area contributed by atoms with Gasteiger partial charge in [0.1, 0.15) is 5.75 Å². The van der Waals surface area contributed by atoms with E-state index in [9.17, 15) is 5.11 Å². The molecule has 0 radical (unpaired) electrons. The molecule has 1 aromatic carbocycles. The summed E-state index contributed by atoms with van der Waals surface area (Å²) >= 11 is 8.00. The van der Waals surface area contributed by atoms with E-state index in [2.05, 4.69) is 15.9 Å². The van der Waals surface area contributed by atoms with Gasteiger partial charge in [-0.25, -0.2) is 0 Å². The maximum atomic E-state index is 9.28. The highest BCUT2D eigenvalue weighted by Crippen LogP contribution is 2.27. The van der Waals surface area contributed by atoms with Gasteiger partial charge in [-0.15, -0.1) is 0 Å². The Morgan fingerprint density at radius 3 is 2.83 bits per heavy atom. The van der Waals surface area contributed by atoms with Crippen molar-refractivity contribution in [2.75, 3.05) is 0 Å². The van der Waals surface area contributed by atoms with Crippen LogP contribution in [0.15, 0.2) is 22.7 Å². The highest BCUT2D eigenvalue weighted by Gasteiger charge is 2.04. The molecule has 0 aromatic heterocycles. The highest BCUT2D eigenvalue weighted by molar-refractivity contribution is 9.10. The minimum atomic E-state index is 0.212. The summed E-state index contributed by atoms with van der Waals surface area (Å²) < 4.78 is 0.665. The fourth-order valence-corrected chi connectivity index (χ4v) is 1.45. The number of phenols is 1. The third kappa shape index (κ3) is 2.19. The Bertz CT molecular complexity index is 314. The van der Waals surface area contributed by atoms with E-state index in [1.165, 1.54) is 0 Å². The van der Waals surface area contributed by atoms with E-state index in [1.807, 2.05) is 6.07 Å². The van der Waals surface area contributed by atoms with E-state index in [1.54, 1.807) is 12.1 Å². The van der Waals surface area contributed by atoms with Crippen molar-refractivity contribution >= 4 is 33.1 Å². The van der Waals surface area contributed by atoms with Crippen molar-refractivity contribution in [3.05, 3.63) is 28.2 Å². The molecule has 0 saturated heterocycles. The number of aromatic hydroxyl groups is 1. The first-order valence-corrected chi connectivity index (χ1v) is 4.56. The molecule has 2 nitrogen and oxygen atoms in total.